The molecule has 0 aromatic carbocycles. The second-order valence-corrected chi connectivity index (χ2v) is 3.49. The second kappa shape index (κ2) is 7.16. The van der Waals surface area contributed by atoms with Crippen molar-refractivity contribution in [1.29, 1.82) is 0 Å². The molecule has 0 radical (unpaired) electrons. The first kappa shape index (κ1) is 13.8. The van der Waals surface area contributed by atoms with E-state index in [0.29, 0.717) is 11.3 Å². The zero-order valence-corrected chi connectivity index (χ0v) is 10.1. The lowest BCUT2D eigenvalue weighted by Gasteiger charge is -2.06. The van der Waals surface area contributed by atoms with Crippen LogP contribution in [0.5, 0.6) is 0 Å². The molecule has 98 valence electrons. The molecule has 0 unspecified atom stereocenters. The number of amides is 1. The van der Waals surface area contributed by atoms with Crippen LogP contribution in [0.2, 0.25) is 0 Å². The smallest absolute Gasteiger partial charge is 0.407 e. The molecule has 0 saturated carbocycles. The summed E-state index contributed by atoms with van der Waals surface area (Å²) >= 11 is 0. The number of hydrogen-bond acceptors (Lipinski definition) is 5. The second-order valence-electron chi connectivity index (χ2n) is 3.49. The van der Waals surface area contributed by atoms with Gasteiger partial charge in [0.1, 0.15) is 19.0 Å². The Labute approximate surface area is 105 Å². The number of esters is 1. The molecule has 0 aliphatic heterocycles. The molecule has 1 aromatic rings. The minimum atomic E-state index is -0.599. The Morgan fingerprint density at radius 2 is 2.11 bits per heavy atom. The van der Waals surface area contributed by atoms with Crippen molar-refractivity contribution in [3.63, 3.8) is 0 Å². The molecule has 1 rings (SSSR count). The number of alkyl carbamates (subject to hydrolysis) is 1. The first-order chi connectivity index (χ1) is 8.59. The molecule has 6 heteroatoms. The molecule has 0 fully saturated rings. The van der Waals surface area contributed by atoms with E-state index in [1.807, 2.05) is 0 Å². The van der Waals surface area contributed by atoms with Gasteiger partial charge in [0.25, 0.3) is 0 Å². The number of furan rings is 1. The van der Waals surface area contributed by atoms with Gasteiger partial charge in [0, 0.05) is 5.57 Å². The van der Waals surface area contributed by atoms with Crippen LogP contribution in [0.1, 0.15) is 12.7 Å². The van der Waals surface area contributed by atoms with Gasteiger partial charge in [0.2, 0.25) is 0 Å². The van der Waals surface area contributed by atoms with Crippen LogP contribution in [-0.4, -0.2) is 25.3 Å². The van der Waals surface area contributed by atoms with Crippen LogP contribution in [0.25, 0.3) is 0 Å². The van der Waals surface area contributed by atoms with E-state index in [1.54, 1.807) is 19.1 Å². The topological polar surface area (TPSA) is 77.8 Å². The number of ether oxygens (including phenoxy) is 2. The highest BCUT2D eigenvalue weighted by Crippen LogP contribution is 1.98. The van der Waals surface area contributed by atoms with Crippen molar-refractivity contribution >= 4 is 12.1 Å². The molecule has 0 atom stereocenters. The molecule has 0 bridgehead atoms. The van der Waals surface area contributed by atoms with Gasteiger partial charge in [0.15, 0.2) is 0 Å². The number of nitrogens with one attached hydrogen (secondary N) is 1. The third-order valence-electron chi connectivity index (χ3n) is 1.89. The van der Waals surface area contributed by atoms with Crippen molar-refractivity contribution < 1.29 is 23.5 Å². The highest BCUT2D eigenvalue weighted by Gasteiger charge is 2.05. The molecule has 1 heterocycles. The van der Waals surface area contributed by atoms with Gasteiger partial charge in [-0.3, -0.25) is 0 Å². The molecule has 1 aromatic heterocycles. The Morgan fingerprint density at radius 1 is 1.39 bits per heavy atom. The molecule has 0 saturated heterocycles. The highest BCUT2D eigenvalue weighted by molar-refractivity contribution is 5.86. The first-order valence-electron chi connectivity index (χ1n) is 5.35. The fraction of sp³-hybridized carbons (Fsp3) is 0.333. The largest absolute Gasteiger partial charge is 0.467 e. The van der Waals surface area contributed by atoms with Gasteiger partial charge < -0.3 is 19.2 Å². The van der Waals surface area contributed by atoms with E-state index in [2.05, 4.69) is 11.9 Å². The lowest BCUT2D eigenvalue weighted by Crippen LogP contribution is -2.25. The van der Waals surface area contributed by atoms with E-state index in [1.165, 1.54) is 6.26 Å². The maximum atomic E-state index is 11.2. The maximum absolute atomic E-state index is 11.2. The van der Waals surface area contributed by atoms with Crippen molar-refractivity contribution in [2.24, 2.45) is 0 Å². The Balaban J connectivity index is 2.07. The quantitative estimate of drug-likeness (QED) is 0.473. The molecular formula is C12H15NO5. The predicted octanol–water partition coefficient (Wildman–Crippen LogP) is 1.63. The van der Waals surface area contributed by atoms with E-state index >= 15 is 0 Å². The van der Waals surface area contributed by atoms with Gasteiger partial charge in [-0.05, 0) is 19.1 Å². The summed E-state index contributed by atoms with van der Waals surface area (Å²) in [5, 5.41) is 2.48. The molecule has 0 spiro atoms. The summed E-state index contributed by atoms with van der Waals surface area (Å²) in [7, 11) is 0. The third kappa shape index (κ3) is 5.20. The third-order valence-corrected chi connectivity index (χ3v) is 1.89. The van der Waals surface area contributed by atoms with E-state index in [0.717, 1.165) is 0 Å². The summed E-state index contributed by atoms with van der Waals surface area (Å²) in [5.74, 6) is 0.121. The number of carbonyl (C=O) groups is 2. The Morgan fingerprint density at radius 3 is 2.72 bits per heavy atom. The van der Waals surface area contributed by atoms with E-state index in [9.17, 15) is 9.59 Å². The van der Waals surface area contributed by atoms with Gasteiger partial charge in [-0.25, -0.2) is 9.59 Å². The molecule has 0 aliphatic carbocycles. The Hall–Kier alpha value is -2.24. The summed E-state index contributed by atoms with van der Waals surface area (Å²) in [6.45, 7) is 5.20. The predicted molar refractivity (Wildman–Crippen MR) is 62.7 cm³/mol. The number of hydrogen-bond donors (Lipinski definition) is 1. The van der Waals surface area contributed by atoms with Crippen LogP contribution in [-0.2, 0) is 20.8 Å². The molecule has 1 N–H and O–H groups in total. The normalized spacial score (nSPS) is 9.61. The number of carbonyl (C=O) groups excluding carboxylic acids is 2. The summed E-state index contributed by atoms with van der Waals surface area (Å²) < 4.78 is 14.5. The van der Waals surface area contributed by atoms with Gasteiger partial charge in [-0.2, -0.15) is 0 Å². The standard InChI is InChI=1S/C12H15NO5/c1-9(2)11(14)17-6-7-18-12(15)13-8-10-4-3-5-16-10/h3-5H,1,6-8H2,2H3,(H,13,15). The van der Waals surface area contributed by atoms with Gasteiger partial charge in [-0.1, -0.05) is 6.58 Å². The van der Waals surface area contributed by atoms with Crippen molar-refractivity contribution in [1.82, 2.24) is 5.32 Å². The lowest BCUT2D eigenvalue weighted by molar-refractivity contribution is -0.139. The van der Waals surface area contributed by atoms with Crippen LogP contribution in [0.15, 0.2) is 35.0 Å². The first-order valence-corrected chi connectivity index (χ1v) is 5.35. The van der Waals surface area contributed by atoms with Crippen molar-refractivity contribution in [3.05, 3.63) is 36.3 Å². The van der Waals surface area contributed by atoms with E-state index in [4.69, 9.17) is 13.9 Å². The molecule has 1 amide bonds. The number of rotatable bonds is 6. The van der Waals surface area contributed by atoms with Crippen LogP contribution in [0, 0.1) is 0 Å². The van der Waals surface area contributed by atoms with Crippen LogP contribution in [0.3, 0.4) is 0 Å². The molecular weight excluding hydrogens is 238 g/mol. The van der Waals surface area contributed by atoms with Crippen LogP contribution >= 0.6 is 0 Å². The zero-order valence-electron chi connectivity index (χ0n) is 10.1. The van der Waals surface area contributed by atoms with Gasteiger partial charge in [0.05, 0.1) is 12.8 Å². The fourth-order valence-electron chi connectivity index (χ4n) is 1.02. The Bertz CT molecular complexity index is 410. The van der Waals surface area contributed by atoms with E-state index in [-0.39, 0.29) is 19.8 Å². The summed E-state index contributed by atoms with van der Waals surface area (Å²) in [6, 6.07) is 3.45. The average Bonchev–Trinajstić information content (AvgIpc) is 2.84. The average molecular weight is 253 g/mol. The van der Waals surface area contributed by atoms with Gasteiger partial charge in [-0.15, -0.1) is 0 Å². The molecule has 6 nitrogen and oxygen atoms in total. The summed E-state index contributed by atoms with van der Waals surface area (Å²) in [6.07, 6.45) is 0.914. The monoisotopic (exact) mass is 253 g/mol. The van der Waals surface area contributed by atoms with E-state index < -0.39 is 12.1 Å². The minimum absolute atomic E-state index is 0.000134. The minimum Gasteiger partial charge on any atom is -0.467 e. The van der Waals surface area contributed by atoms with Crippen LogP contribution < -0.4 is 5.32 Å². The fourth-order valence-corrected chi connectivity index (χ4v) is 1.02. The van der Waals surface area contributed by atoms with Crippen molar-refractivity contribution in [2.75, 3.05) is 13.2 Å². The summed E-state index contributed by atoms with van der Waals surface area (Å²) in [4.78, 5) is 22.2. The highest BCUT2D eigenvalue weighted by atomic mass is 16.6. The molecule has 18 heavy (non-hydrogen) atoms. The van der Waals surface area contributed by atoms with Crippen molar-refractivity contribution in [2.45, 2.75) is 13.5 Å². The van der Waals surface area contributed by atoms with Crippen molar-refractivity contribution in [3.8, 4) is 0 Å². The zero-order chi connectivity index (χ0) is 13.4. The summed E-state index contributed by atoms with van der Waals surface area (Å²) in [5.41, 5.74) is 0.303. The Kier molecular flexibility index (Phi) is 5.50. The maximum Gasteiger partial charge on any atom is 0.407 e. The van der Waals surface area contributed by atoms with Gasteiger partial charge >= 0.3 is 12.1 Å². The van der Waals surface area contributed by atoms with Crippen LogP contribution in [0.4, 0.5) is 4.79 Å². The SMILES string of the molecule is C=C(C)C(=O)OCCOC(=O)NCc1ccco1. The molecule has 0 aliphatic rings. The lowest BCUT2D eigenvalue weighted by atomic mass is 10.4.